The molecular formula is C14H20N2O5S2. The molecule has 0 aliphatic carbocycles. The van der Waals surface area contributed by atoms with Crippen molar-refractivity contribution >= 4 is 31.5 Å². The summed E-state index contributed by atoms with van der Waals surface area (Å²) in [5.74, 6) is -0.563. The minimum Gasteiger partial charge on any atom is -0.351 e. The summed E-state index contributed by atoms with van der Waals surface area (Å²) < 4.78 is 47.7. The van der Waals surface area contributed by atoms with Gasteiger partial charge >= 0.3 is 0 Å². The Morgan fingerprint density at radius 2 is 1.91 bits per heavy atom. The van der Waals surface area contributed by atoms with Crippen LogP contribution in [0.3, 0.4) is 0 Å². The maximum Gasteiger partial charge on any atom is 0.241 e. The van der Waals surface area contributed by atoms with Gasteiger partial charge in [0.1, 0.15) is 6.54 Å². The first-order chi connectivity index (χ1) is 10.6. The number of benzene rings is 1. The van der Waals surface area contributed by atoms with E-state index in [4.69, 9.17) is 0 Å². The normalized spacial score (nSPS) is 20.2. The summed E-state index contributed by atoms with van der Waals surface area (Å²) in [6.07, 6.45) is 1.39. The fraction of sp³-hybridized carbons (Fsp3) is 0.500. The van der Waals surface area contributed by atoms with E-state index in [2.05, 4.69) is 5.32 Å². The first-order valence-electron chi connectivity index (χ1n) is 7.11. The highest BCUT2D eigenvalue weighted by Gasteiger charge is 2.30. The number of carbonyl (C=O) groups excluding carboxylic acids is 1. The highest BCUT2D eigenvalue weighted by atomic mass is 32.2. The smallest absolute Gasteiger partial charge is 0.241 e. The van der Waals surface area contributed by atoms with E-state index in [1.807, 2.05) is 6.92 Å². The van der Waals surface area contributed by atoms with Crippen molar-refractivity contribution in [3.05, 3.63) is 29.8 Å². The summed E-state index contributed by atoms with van der Waals surface area (Å²) in [6.45, 7) is 1.50. The summed E-state index contributed by atoms with van der Waals surface area (Å²) in [7, 11) is -6.73. The van der Waals surface area contributed by atoms with Gasteiger partial charge in [0, 0.05) is 6.04 Å². The molecule has 2 rings (SSSR count). The molecule has 0 bridgehead atoms. The Kier molecular flexibility index (Phi) is 5.00. The molecular weight excluding hydrogens is 340 g/mol. The number of aryl methyl sites for hydroxylation is 1. The van der Waals surface area contributed by atoms with Gasteiger partial charge in [-0.1, -0.05) is 17.7 Å². The third kappa shape index (κ3) is 4.93. The van der Waals surface area contributed by atoms with Crippen LogP contribution in [0.25, 0.3) is 0 Å². The quantitative estimate of drug-likeness (QED) is 0.800. The number of nitrogens with one attached hydrogen (secondary N) is 1. The molecule has 23 heavy (non-hydrogen) atoms. The Morgan fingerprint density at radius 3 is 2.39 bits per heavy atom. The van der Waals surface area contributed by atoms with Gasteiger partial charge in [-0.15, -0.1) is 0 Å². The van der Waals surface area contributed by atoms with E-state index in [9.17, 15) is 21.6 Å². The van der Waals surface area contributed by atoms with E-state index in [1.54, 1.807) is 24.3 Å². The van der Waals surface area contributed by atoms with Crippen molar-refractivity contribution in [3.63, 3.8) is 0 Å². The van der Waals surface area contributed by atoms with Crippen molar-refractivity contribution in [3.8, 4) is 0 Å². The van der Waals surface area contributed by atoms with Gasteiger partial charge < -0.3 is 5.32 Å². The van der Waals surface area contributed by atoms with Gasteiger partial charge in [0.2, 0.25) is 15.9 Å². The number of hydrogen-bond donors (Lipinski definition) is 1. The Morgan fingerprint density at radius 1 is 1.30 bits per heavy atom. The van der Waals surface area contributed by atoms with Crippen molar-refractivity contribution in [1.29, 1.82) is 0 Å². The van der Waals surface area contributed by atoms with Crippen molar-refractivity contribution in [2.24, 2.45) is 0 Å². The van der Waals surface area contributed by atoms with E-state index in [0.717, 1.165) is 16.1 Å². The van der Waals surface area contributed by atoms with Crippen LogP contribution in [0.15, 0.2) is 24.3 Å². The SMILES string of the molecule is Cc1ccc(N(CC(=O)NC2CCS(=O)(=O)C2)S(C)(=O)=O)cc1. The molecule has 1 amide bonds. The maximum atomic E-state index is 12.1. The Hall–Kier alpha value is -1.61. The second kappa shape index (κ2) is 6.48. The molecule has 1 aromatic rings. The minimum absolute atomic E-state index is 0.0473. The summed E-state index contributed by atoms with van der Waals surface area (Å²) in [4.78, 5) is 12.1. The number of carbonyl (C=O) groups is 1. The molecule has 9 heteroatoms. The van der Waals surface area contributed by atoms with Gasteiger partial charge in [0.15, 0.2) is 9.84 Å². The van der Waals surface area contributed by atoms with Gasteiger partial charge in [-0.05, 0) is 25.5 Å². The Labute approximate surface area is 136 Å². The summed E-state index contributed by atoms with van der Waals surface area (Å²) in [5, 5.41) is 2.59. The molecule has 1 unspecified atom stereocenters. The lowest BCUT2D eigenvalue weighted by Gasteiger charge is -2.23. The molecule has 1 fully saturated rings. The lowest BCUT2D eigenvalue weighted by Crippen LogP contribution is -2.44. The Balaban J connectivity index is 2.09. The van der Waals surface area contributed by atoms with Gasteiger partial charge in [-0.3, -0.25) is 9.10 Å². The number of anilines is 1. The summed E-state index contributed by atoms with van der Waals surface area (Å²) in [6, 6.07) is 6.32. The van der Waals surface area contributed by atoms with Gasteiger partial charge in [-0.2, -0.15) is 0 Å². The average Bonchev–Trinajstić information content (AvgIpc) is 2.75. The molecule has 1 heterocycles. The first-order valence-corrected chi connectivity index (χ1v) is 10.8. The number of rotatable bonds is 5. The largest absolute Gasteiger partial charge is 0.351 e. The molecule has 0 spiro atoms. The second-order valence-electron chi connectivity index (χ2n) is 5.77. The molecule has 1 aliphatic heterocycles. The van der Waals surface area contributed by atoms with E-state index < -0.39 is 31.8 Å². The standard InChI is InChI=1S/C14H20N2O5S2/c1-11-3-5-13(6-4-11)16(22(2,18)19)9-14(17)15-12-7-8-23(20,21)10-12/h3-6,12H,7-10H2,1-2H3,(H,15,17). The highest BCUT2D eigenvalue weighted by Crippen LogP contribution is 2.18. The van der Waals surface area contributed by atoms with Gasteiger partial charge in [-0.25, -0.2) is 16.8 Å². The van der Waals surface area contributed by atoms with Crippen LogP contribution < -0.4 is 9.62 Å². The fourth-order valence-corrected chi connectivity index (χ4v) is 4.95. The monoisotopic (exact) mass is 360 g/mol. The summed E-state index contributed by atoms with van der Waals surface area (Å²) >= 11 is 0. The van der Waals surface area contributed by atoms with E-state index >= 15 is 0 Å². The molecule has 0 saturated carbocycles. The van der Waals surface area contributed by atoms with E-state index in [1.165, 1.54) is 0 Å². The highest BCUT2D eigenvalue weighted by molar-refractivity contribution is 7.92. The summed E-state index contributed by atoms with van der Waals surface area (Å²) in [5.41, 5.74) is 1.37. The zero-order valence-corrected chi connectivity index (χ0v) is 14.7. The Bertz CT molecular complexity index is 785. The molecule has 1 aliphatic rings. The number of nitrogens with zero attached hydrogens (tertiary/aromatic N) is 1. The van der Waals surface area contributed by atoms with Crippen LogP contribution in [-0.2, 0) is 24.7 Å². The van der Waals surface area contributed by atoms with E-state index in [-0.39, 0.29) is 18.1 Å². The van der Waals surface area contributed by atoms with Gasteiger partial charge in [0.25, 0.3) is 0 Å². The minimum atomic E-state index is -3.63. The van der Waals surface area contributed by atoms with Crippen molar-refractivity contribution in [1.82, 2.24) is 5.32 Å². The van der Waals surface area contributed by atoms with Crippen LogP contribution in [0.1, 0.15) is 12.0 Å². The number of sulfonamides is 1. The van der Waals surface area contributed by atoms with Gasteiger partial charge in [0.05, 0.1) is 23.4 Å². The van der Waals surface area contributed by atoms with Crippen LogP contribution in [-0.4, -0.2) is 53.1 Å². The molecule has 1 atom stereocenters. The number of hydrogen-bond acceptors (Lipinski definition) is 5. The zero-order valence-electron chi connectivity index (χ0n) is 13.0. The number of amides is 1. The van der Waals surface area contributed by atoms with Crippen LogP contribution >= 0.6 is 0 Å². The zero-order chi connectivity index (χ0) is 17.3. The molecule has 7 nitrogen and oxygen atoms in total. The topological polar surface area (TPSA) is 101 Å². The number of sulfone groups is 1. The first kappa shape index (κ1) is 17.7. The lowest BCUT2D eigenvalue weighted by molar-refractivity contribution is -0.120. The molecule has 0 aromatic heterocycles. The molecule has 1 N–H and O–H groups in total. The molecule has 0 radical (unpaired) electrons. The molecule has 1 saturated heterocycles. The maximum absolute atomic E-state index is 12.1. The third-order valence-electron chi connectivity index (χ3n) is 3.61. The second-order valence-corrected chi connectivity index (χ2v) is 9.91. The predicted octanol–water partition coefficient (Wildman–Crippen LogP) is 0.0643. The average molecular weight is 360 g/mol. The molecule has 128 valence electrons. The van der Waals surface area contributed by atoms with Crippen LogP contribution in [0.4, 0.5) is 5.69 Å². The van der Waals surface area contributed by atoms with E-state index in [0.29, 0.717) is 12.1 Å². The van der Waals surface area contributed by atoms with Crippen LogP contribution in [0, 0.1) is 6.92 Å². The predicted molar refractivity (Wildman–Crippen MR) is 88.6 cm³/mol. The molecule has 1 aromatic carbocycles. The van der Waals surface area contributed by atoms with Crippen molar-refractivity contribution in [2.45, 2.75) is 19.4 Å². The van der Waals surface area contributed by atoms with Crippen LogP contribution in [0.2, 0.25) is 0 Å². The third-order valence-corrected chi connectivity index (χ3v) is 6.52. The lowest BCUT2D eigenvalue weighted by atomic mass is 10.2. The van der Waals surface area contributed by atoms with Crippen molar-refractivity contribution in [2.75, 3.05) is 28.6 Å². The van der Waals surface area contributed by atoms with Crippen LogP contribution in [0.5, 0.6) is 0 Å². The van der Waals surface area contributed by atoms with Crippen molar-refractivity contribution < 1.29 is 21.6 Å². The fourth-order valence-electron chi connectivity index (χ4n) is 2.42.